The van der Waals surface area contributed by atoms with E-state index in [0.29, 0.717) is 5.95 Å². The topological polar surface area (TPSA) is 42.2 Å². The molecule has 0 aliphatic carbocycles. The number of nitrogens with zero attached hydrogens (tertiary/aromatic N) is 3. The molecule has 0 amide bonds. The summed E-state index contributed by atoms with van der Waals surface area (Å²) in [5.74, 6) is 0.671. The average Bonchev–Trinajstić information content (AvgIpc) is 2.94. The fraction of sp³-hybridized carbons (Fsp3) is 0.286. The Hall–Kier alpha value is -1.88. The number of rotatable bonds is 3. The van der Waals surface area contributed by atoms with E-state index in [-0.39, 0.29) is 6.04 Å². The number of pyridine rings is 1. The molecule has 3 rings (SSSR count). The Balaban J connectivity index is 1.85. The molecular weight excluding hydrogens is 256 g/mol. The van der Waals surface area contributed by atoms with Gasteiger partial charge >= 0.3 is 0 Å². The van der Waals surface area contributed by atoms with Gasteiger partial charge in [0.2, 0.25) is 5.95 Å². The molecule has 0 radical (unpaired) electrons. The highest BCUT2D eigenvalue weighted by atomic mass is 32.1. The summed E-state index contributed by atoms with van der Waals surface area (Å²) >= 11 is 1.80. The van der Waals surface area contributed by atoms with Gasteiger partial charge in [0.05, 0.1) is 6.04 Å². The molecule has 0 fully saturated rings. The van der Waals surface area contributed by atoms with Gasteiger partial charge in [0.1, 0.15) is 0 Å². The van der Waals surface area contributed by atoms with Crippen molar-refractivity contribution >= 4 is 22.9 Å². The van der Waals surface area contributed by atoms with Crippen molar-refractivity contribution in [2.75, 3.05) is 5.32 Å². The van der Waals surface area contributed by atoms with Crippen molar-refractivity contribution < 1.29 is 0 Å². The molecule has 19 heavy (non-hydrogen) atoms. The lowest BCUT2D eigenvalue weighted by Crippen LogP contribution is -2.06. The summed E-state index contributed by atoms with van der Waals surface area (Å²) in [4.78, 5) is 7.11. The number of anilines is 1. The third-order valence-corrected chi connectivity index (χ3v) is 4.21. The van der Waals surface area contributed by atoms with Gasteiger partial charge in [-0.15, -0.1) is 16.4 Å². The van der Waals surface area contributed by atoms with Crippen LogP contribution in [-0.2, 0) is 0 Å². The molecule has 1 atom stereocenters. The van der Waals surface area contributed by atoms with Crippen molar-refractivity contribution in [1.82, 2.24) is 14.6 Å². The zero-order valence-electron chi connectivity index (χ0n) is 11.2. The van der Waals surface area contributed by atoms with E-state index < -0.39 is 0 Å². The van der Waals surface area contributed by atoms with Crippen LogP contribution in [0.3, 0.4) is 0 Å². The standard InChI is InChI=1S/C14H16N4S/c1-9-6-7-18-13(8-9)16-14(17-18)15-11(3)12-5-4-10(2)19-12/h4-8,11H,1-3H3,(H,15,17). The maximum atomic E-state index is 4.49. The summed E-state index contributed by atoms with van der Waals surface area (Å²) in [5, 5.41) is 7.77. The maximum absolute atomic E-state index is 4.49. The van der Waals surface area contributed by atoms with Gasteiger partial charge in [0, 0.05) is 16.0 Å². The highest BCUT2D eigenvalue weighted by Gasteiger charge is 2.10. The molecule has 0 aliphatic rings. The van der Waals surface area contributed by atoms with Crippen molar-refractivity contribution in [1.29, 1.82) is 0 Å². The molecule has 4 nitrogen and oxygen atoms in total. The molecule has 0 bridgehead atoms. The van der Waals surface area contributed by atoms with Crippen LogP contribution in [0.15, 0.2) is 30.5 Å². The minimum absolute atomic E-state index is 0.220. The van der Waals surface area contributed by atoms with Gasteiger partial charge in [0.15, 0.2) is 5.65 Å². The molecule has 3 aromatic rings. The largest absolute Gasteiger partial charge is 0.346 e. The summed E-state index contributed by atoms with van der Waals surface area (Å²) in [5.41, 5.74) is 2.06. The summed E-state index contributed by atoms with van der Waals surface area (Å²) in [6, 6.07) is 8.56. The molecule has 1 unspecified atom stereocenters. The van der Waals surface area contributed by atoms with E-state index in [2.05, 4.69) is 48.3 Å². The number of nitrogens with one attached hydrogen (secondary N) is 1. The zero-order chi connectivity index (χ0) is 13.4. The van der Waals surface area contributed by atoms with E-state index >= 15 is 0 Å². The van der Waals surface area contributed by atoms with Crippen LogP contribution in [0.4, 0.5) is 5.95 Å². The van der Waals surface area contributed by atoms with Crippen molar-refractivity contribution in [3.8, 4) is 0 Å². The van der Waals surface area contributed by atoms with Gasteiger partial charge in [-0.1, -0.05) is 0 Å². The number of hydrogen-bond acceptors (Lipinski definition) is 4. The highest BCUT2D eigenvalue weighted by Crippen LogP contribution is 2.24. The third-order valence-electron chi connectivity index (χ3n) is 3.03. The van der Waals surface area contributed by atoms with Crippen LogP contribution in [0, 0.1) is 13.8 Å². The van der Waals surface area contributed by atoms with Crippen LogP contribution in [0.25, 0.3) is 5.65 Å². The minimum atomic E-state index is 0.220. The van der Waals surface area contributed by atoms with E-state index in [1.807, 2.05) is 18.3 Å². The van der Waals surface area contributed by atoms with E-state index in [9.17, 15) is 0 Å². The zero-order valence-corrected chi connectivity index (χ0v) is 12.0. The Morgan fingerprint density at radius 1 is 1.26 bits per heavy atom. The number of aryl methyl sites for hydroxylation is 2. The van der Waals surface area contributed by atoms with Crippen LogP contribution in [0.5, 0.6) is 0 Å². The first-order valence-electron chi connectivity index (χ1n) is 6.28. The van der Waals surface area contributed by atoms with Crippen molar-refractivity contribution in [2.45, 2.75) is 26.8 Å². The smallest absolute Gasteiger partial charge is 0.243 e. The predicted octanol–water partition coefficient (Wildman–Crippen LogP) is 3.58. The maximum Gasteiger partial charge on any atom is 0.243 e. The summed E-state index contributed by atoms with van der Waals surface area (Å²) in [6.45, 7) is 6.30. The first-order chi connectivity index (χ1) is 9.11. The van der Waals surface area contributed by atoms with Gasteiger partial charge in [-0.25, -0.2) is 4.52 Å². The Kier molecular flexibility index (Phi) is 2.98. The first kappa shape index (κ1) is 12.2. The molecule has 0 saturated carbocycles. The van der Waals surface area contributed by atoms with Crippen molar-refractivity contribution in [2.24, 2.45) is 0 Å². The second-order valence-corrected chi connectivity index (χ2v) is 6.08. The number of hydrogen-bond donors (Lipinski definition) is 1. The first-order valence-corrected chi connectivity index (χ1v) is 7.09. The van der Waals surface area contributed by atoms with Crippen LogP contribution < -0.4 is 5.32 Å². The summed E-state index contributed by atoms with van der Waals surface area (Å²) in [6.07, 6.45) is 1.93. The van der Waals surface area contributed by atoms with Crippen molar-refractivity contribution in [3.05, 3.63) is 45.8 Å². The Morgan fingerprint density at radius 3 is 2.84 bits per heavy atom. The van der Waals surface area contributed by atoms with Gasteiger partial charge in [-0.05, 0) is 50.6 Å². The van der Waals surface area contributed by atoms with Crippen molar-refractivity contribution in [3.63, 3.8) is 0 Å². The molecule has 3 heterocycles. The van der Waals surface area contributed by atoms with Crippen LogP contribution in [0.2, 0.25) is 0 Å². The molecule has 3 aromatic heterocycles. The summed E-state index contributed by atoms with van der Waals surface area (Å²) in [7, 11) is 0. The lowest BCUT2D eigenvalue weighted by atomic mass is 10.3. The lowest BCUT2D eigenvalue weighted by molar-refractivity contribution is 0.869. The van der Waals surface area contributed by atoms with Gasteiger partial charge < -0.3 is 5.32 Å². The fourth-order valence-electron chi connectivity index (χ4n) is 2.00. The molecule has 5 heteroatoms. The Labute approximate surface area is 116 Å². The molecule has 98 valence electrons. The van der Waals surface area contributed by atoms with E-state index in [1.165, 1.54) is 15.3 Å². The molecule has 0 aliphatic heterocycles. The molecule has 1 N–H and O–H groups in total. The van der Waals surface area contributed by atoms with E-state index in [1.54, 1.807) is 15.9 Å². The second kappa shape index (κ2) is 4.66. The van der Waals surface area contributed by atoms with Gasteiger partial charge in [-0.3, -0.25) is 0 Å². The molecule has 0 spiro atoms. The number of aromatic nitrogens is 3. The number of fused-ring (bicyclic) bond motifs is 1. The van der Waals surface area contributed by atoms with Crippen LogP contribution in [0.1, 0.15) is 28.3 Å². The van der Waals surface area contributed by atoms with Crippen LogP contribution in [-0.4, -0.2) is 14.6 Å². The highest BCUT2D eigenvalue weighted by molar-refractivity contribution is 7.12. The Bertz CT molecular complexity index is 713. The summed E-state index contributed by atoms with van der Waals surface area (Å²) < 4.78 is 1.79. The fourth-order valence-corrected chi connectivity index (χ4v) is 2.88. The normalized spacial score (nSPS) is 12.8. The quantitative estimate of drug-likeness (QED) is 0.792. The second-order valence-electron chi connectivity index (χ2n) is 4.76. The molecule has 0 saturated heterocycles. The van der Waals surface area contributed by atoms with Crippen LogP contribution >= 0.6 is 11.3 Å². The third kappa shape index (κ3) is 2.46. The SMILES string of the molecule is Cc1ccn2nc(NC(C)c3ccc(C)s3)nc2c1. The number of thiophene rings is 1. The van der Waals surface area contributed by atoms with E-state index in [0.717, 1.165) is 5.65 Å². The monoisotopic (exact) mass is 272 g/mol. The van der Waals surface area contributed by atoms with Gasteiger partial charge in [0.25, 0.3) is 0 Å². The lowest BCUT2D eigenvalue weighted by Gasteiger charge is -2.09. The van der Waals surface area contributed by atoms with E-state index in [4.69, 9.17) is 0 Å². The Morgan fingerprint density at radius 2 is 2.11 bits per heavy atom. The molecule has 0 aromatic carbocycles. The predicted molar refractivity (Wildman–Crippen MR) is 78.8 cm³/mol. The minimum Gasteiger partial charge on any atom is -0.346 e. The average molecular weight is 272 g/mol. The molecular formula is C14H16N4S. The van der Waals surface area contributed by atoms with Gasteiger partial charge in [-0.2, -0.15) is 4.98 Å².